The van der Waals surface area contributed by atoms with Gasteiger partial charge in [-0.15, -0.1) is 0 Å². The minimum absolute atomic E-state index is 0.408. The van der Waals surface area contributed by atoms with Gasteiger partial charge in [0.2, 0.25) is 0 Å². The van der Waals surface area contributed by atoms with Crippen molar-refractivity contribution in [3.05, 3.63) is 23.8 Å². The number of carbonyl (C=O) groups is 1. The van der Waals surface area contributed by atoms with Crippen LogP contribution in [0.2, 0.25) is 0 Å². The molecule has 1 unspecified atom stereocenters. The quantitative estimate of drug-likeness (QED) is 0.740. The summed E-state index contributed by atoms with van der Waals surface area (Å²) < 4.78 is 16.3. The number of carboxylic acid groups (broad SMARTS) is 1. The SMILES string of the molecule is CCCCOCCOc1ccc2c(c1)OC(C(=O)O)C2. The summed E-state index contributed by atoms with van der Waals surface area (Å²) >= 11 is 0. The van der Waals surface area contributed by atoms with Crippen LogP contribution >= 0.6 is 0 Å². The molecule has 0 amide bonds. The van der Waals surface area contributed by atoms with Gasteiger partial charge >= 0.3 is 5.97 Å². The lowest BCUT2D eigenvalue weighted by Gasteiger charge is -2.08. The Hall–Kier alpha value is -1.75. The number of unbranched alkanes of at least 4 members (excludes halogenated alkanes) is 1. The van der Waals surface area contributed by atoms with Gasteiger partial charge in [-0.05, 0) is 18.1 Å². The maximum atomic E-state index is 10.9. The zero-order valence-electron chi connectivity index (χ0n) is 11.6. The third-order valence-electron chi connectivity index (χ3n) is 3.13. The molecule has 1 atom stereocenters. The van der Waals surface area contributed by atoms with Gasteiger partial charge in [-0.3, -0.25) is 0 Å². The van der Waals surface area contributed by atoms with Crippen LogP contribution in [-0.2, 0) is 16.0 Å². The molecule has 0 radical (unpaired) electrons. The normalized spacial score (nSPS) is 16.6. The predicted molar refractivity (Wildman–Crippen MR) is 73.4 cm³/mol. The molecule has 0 fully saturated rings. The second-order valence-corrected chi connectivity index (χ2v) is 4.73. The monoisotopic (exact) mass is 280 g/mol. The van der Waals surface area contributed by atoms with E-state index in [9.17, 15) is 4.79 Å². The molecule has 1 heterocycles. The molecule has 0 aromatic heterocycles. The molecular weight excluding hydrogens is 260 g/mol. The fourth-order valence-electron chi connectivity index (χ4n) is 2.00. The molecular formula is C15H20O5. The zero-order chi connectivity index (χ0) is 14.4. The van der Waals surface area contributed by atoms with E-state index in [1.807, 2.05) is 12.1 Å². The van der Waals surface area contributed by atoms with Crippen LogP contribution in [0.15, 0.2) is 18.2 Å². The number of ether oxygens (including phenoxy) is 3. The van der Waals surface area contributed by atoms with E-state index in [2.05, 4.69) is 6.92 Å². The van der Waals surface area contributed by atoms with Crippen molar-refractivity contribution in [3.63, 3.8) is 0 Å². The highest BCUT2D eigenvalue weighted by atomic mass is 16.5. The smallest absolute Gasteiger partial charge is 0.345 e. The van der Waals surface area contributed by atoms with Crippen molar-refractivity contribution in [3.8, 4) is 11.5 Å². The Labute approximate surface area is 118 Å². The van der Waals surface area contributed by atoms with E-state index in [1.54, 1.807) is 6.07 Å². The molecule has 5 nitrogen and oxygen atoms in total. The summed E-state index contributed by atoms with van der Waals surface area (Å²) in [7, 11) is 0. The summed E-state index contributed by atoms with van der Waals surface area (Å²) in [5, 5.41) is 8.93. The highest BCUT2D eigenvalue weighted by Crippen LogP contribution is 2.32. The topological polar surface area (TPSA) is 65.0 Å². The molecule has 1 aliphatic heterocycles. The first-order valence-electron chi connectivity index (χ1n) is 6.93. The standard InChI is InChI=1S/C15H20O5/c1-2-3-6-18-7-8-19-12-5-4-11-9-14(15(16)17)20-13(11)10-12/h4-5,10,14H,2-3,6-9H2,1H3,(H,16,17). The average Bonchev–Trinajstić information content (AvgIpc) is 2.86. The number of hydrogen-bond acceptors (Lipinski definition) is 4. The maximum Gasteiger partial charge on any atom is 0.345 e. The average molecular weight is 280 g/mol. The Morgan fingerprint density at radius 1 is 1.40 bits per heavy atom. The molecule has 0 aliphatic carbocycles. The van der Waals surface area contributed by atoms with E-state index in [-0.39, 0.29) is 0 Å². The van der Waals surface area contributed by atoms with Gasteiger partial charge < -0.3 is 19.3 Å². The van der Waals surface area contributed by atoms with Gasteiger partial charge in [0.1, 0.15) is 18.1 Å². The summed E-state index contributed by atoms with van der Waals surface area (Å²) in [5.41, 5.74) is 0.906. The number of fused-ring (bicyclic) bond motifs is 1. The lowest BCUT2D eigenvalue weighted by molar-refractivity contribution is -0.144. The molecule has 0 spiro atoms. The van der Waals surface area contributed by atoms with Crippen molar-refractivity contribution >= 4 is 5.97 Å². The van der Waals surface area contributed by atoms with Gasteiger partial charge in [0, 0.05) is 19.1 Å². The van der Waals surface area contributed by atoms with E-state index < -0.39 is 12.1 Å². The van der Waals surface area contributed by atoms with Gasteiger partial charge in [0.25, 0.3) is 0 Å². The molecule has 0 saturated heterocycles. The summed E-state index contributed by atoms with van der Waals surface area (Å²) in [6.07, 6.45) is 1.81. The van der Waals surface area contributed by atoms with Crippen molar-refractivity contribution in [2.75, 3.05) is 19.8 Å². The van der Waals surface area contributed by atoms with Crippen LogP contribution in [-0.4, -0.2) is 37.0 Å². The first kappa shape index (κ1) is 14.7. The molecule has 5 heteroatoms. The van der Waals surface area contributed by atoms with Gasteiger partial charge in [-0.1, -0.05) is 19.4 Å². The third-order valence-corrected chi connectivity index (χ3v) is 3.13. The van der Waals surface area contributed by atoms with Crippen LogP contribution < -0.4 is 9.47 Å². The number of benzene rings is 1. The minimum Gasteiger partial charge on any atom is -0.491 e. The molecule has 1 aliphatic rings. The van der Waals surface area contributed by atoms with E-state index in [4.69, 9.17) is 19.3 Å². The Morgan fingerprint density at radius 2 is 2.25 bits per heavy atom. The van der Waals surface area contributed by atoms with Gasteiger partial charge in [-0.2, -0.15) is 0 Å². The molecule has 110 valence electrons. The minimum atomic E-state index is -0.937. The maximum absolute atomic E-state index is 10.9. The summed E-state index contributed by atoms with van der Waals surface area (Å²) in [6.45, 7) is 3.91. The molecule has 0 bridgehead atoms. The first-order valence-corrected chi connectivity index (χ1v) is 6.93. The van der Waals surface area contributed by atoms with Gasteiger partial charge in [-0.25, -0.2) is 4.79 Å². The second-order valence-electron chi connectivity index (χ2n) is 4.73. The number of aliphatic carboxylic acids is 1. The Bertz CT molecular complexity index is 458. The second kappa shape index (κ2) is 7.14. The lowest BCUT2D eigenvalue weighted by Crippen LogP contribution is -2.24. The van der Waals surface area contributed by atoms with E-state index in [1.165, 1.54) is 0 Å². The summed E-state index contributed by atoms with van der Waals surface area (Å²) in [6, 6.07) is 5.42. The molecule has 2 rings (SSSR count). The molecule has 1 N–H and O–H groups in total. The Morgan fingerprint density at radius 3 is 3.00 bits per heavy atom. The molecule has 20 heavy (non-hydrogen) atoms. The zero-order valence-corrected chi connectivity index (χ0v) is 11.6. The van der Waals surface area contributed by atoms with Crippen molar-refractivity contribution in [2.45, 2.75) is 32.3 Å². The first-order chi connectivity index (χ1) is 9.70. The van der Waals surface area contributed by atoms with Gasteiger partial charge in [0.15, 0.2) is 6.10 Å². The number of rotatable bonds is 8. The summed E-state index contributed by atoms with van der Waals surface area (Å²) in [4.78, 5) is 10.9. The highest BCUT2D eigenvalue weighted by molar-refractivity contribution is 5.74. The largest absolute Gasteiger partial charge is 0.491 e. The number of hydrogen-bond donors (Lipinski definition) is 1. The van der Waals surface area contributed by atoms with Crippen LogP contribution in [0.25, 0.3) is 0 Å². The van der Waals surface area contributed by atoms with Crippen molar-refractivity contribution in [1.29, 1.82) is 0 Å². The van der Waals surface area contributed by atoms with Crippen molar-refractivity contribution in [1.82, 2.24) is 0 Å². The molecule has 1 aromatic carbocycles. The Balaban J connectivity index is 1.78. The highest BCUT2D eigenvalue weighted by Gasteiger charge is 2.28. The van der Waals surface area contributed by atoms with Crippen LogP contribution in [0, 0.1) is 0 Å². The summed E-state index contributed by atoms with van der Waals surface area (Å²) in [5.74, 6) is 0.337. The van der Waals surface area contributed by atoms with Crippen molar-refractivity contribution < 1.29 is 24.1 Å². The predicted octanol–water partition coefficient (Wildman–Crippen LogP) is 2.27. The molecule has 1 aromatic rings. The molecule has 0 saturated carbocycles. The van der Waals surface area contributed by atoms with Crippen molar-refractivity contribution in [2.24, 2.45) is 0 Å². The number of carboxylic acids is 1. The third kappa shape index (κ3) is 3.87. The van der Waals surface area contributed by atoms with Crippen LogP contribution in [0.4, 0.5) is 0 Å². The van der Waals surface area contributed by atoms with Gasteiger partial charge in [0.05, 0.1) is 6.61 Å². The van der Waals surface area contributed by atoms with E-state index in [0.29, 0.717) is 31.1 Å². The Kier molecular flexibility index (Phi) is 5.24. The van der Waals surface area contributed by atoms with Crippen LogP contribution in [0.1, 0.15) is 25.3 Å². The lowest BCUT2D eigenvalue weighted by atomic mass is 10.1. The fraction of sp³-hybridized carbons (Fsp3) is 0.533. The van der Waals surface area contributed by atoms with E-state index in [0.717, 1.165) is 25.0 Å². The van der Waals surface area contributed by atoms with E-state index >= 15 is 0 Å². The van der Waals surface area contributed by atoms with Crippen LogP contribution in [0.5, 0.6) is 11.5 Å². The van der Waals surface area contributed by atoms with Crippen LogP contribution in [0.3, 0.4) is 0 Å². The fourth-order valence-corrected chi connectivity index (χ4v) is 2.00.